The van der Waals surface area contributed by atoms with Gasteiger partial charge in [0.25, 0.3) is 5.56 Å². The van der Waals surface area contributed by atoms with Crippen molar-refractivity contribution in [1.29, 1.82) is 0 Å². The van der Waals surface area contributed by atoms with E-state index in [1.807, 2.05) is 48.5 Å². The molecular weight excluding hydrogens is 418 g/mol. The number of hydrogen-bond donors (Lipinski definition) is 1. The SMILES string of the molecule is CCc1cccc2c(C(=O)C(c3ccccc3)n3cnc4c3c(=O)n(C)c(=O)n4C)c[nH]c12. The largest absolute Gasteiger partial charge is 0.360 e. The van der Waals surface area contributed by atoms with Gasteiger partial charge in [0.2, 0.25) is 0 Å². The Morgan fingerprint density at radius 1 is 1.03 bits per heavy atom. The van der Waals surface area contributed by atoms with Crippen molar-refractivity contribution in [2.75, 3.05) is 0 Å². The Morgan fingerprint density at radius 3 is 2.52 bits per heavy atom. The maximum absolute atomic E-state index is 14.1. The van der Waals surface area contributed by atoms with Gasteiger partial charge in [-0.1, -0.05) is 55.5 Å². The van der Waals surface area contributed by atoms with Crippen molar-refractivity contribution in [3.05, 3.63) is 98.6 Å². The number of nitrogens with one attached hydrogen (secondary N) is 1. The molecule has 0 aliphatic rings. The number of ketones is 1. The third kappa shape index (κ3) is 3.06. The lowest BCUT2D eigenvalue weighted by Crippen LogP contribution is -2.38. The van der Waals surface area contributed by atoms with Crippen molar-refractivity contribution in [3.8, 4) is 0 Å². The molecule has 33 heavy (non-hydrogen) atoms. The Hall–Kier alpha value is -4.20. The van der Waals surface area contributed by atoms with Crippen LogP contribution >= 0.6 is 0 Å². The van der Waals surface area contributed by atoms with Crippen LogP contribution in [0.1, 0.15) is 34.5 Å². The lowest BCUT2D eigenvalue weighted by molar-refractivity contribution is 0.0949. The lowest BCUT2D eigenvalue weighted by Gasteiger charge is -2.19. The number of carbonyl (C=O) groups excluding carboxylic acids is 1. The number of hydrogen-bond acceptors (Lipinski definition) is 4. The minimum absolute atomic E-state index is 0.170. The molecule has 166 valence electrons. The van der Waals surface area contributed by atoms with Gasteiger partial charge in [-0.3, -0.25) is 18.7 Å². The Bertz CT molecular complexity index is 1640. The third-order valence-electron chi connectivity index (χ3n) is 6.26. The second-order valence-electron chi connectivity index (χ2n) is 8.10. The highest BCUT2D eigenvalue weighted by molar-refractivity contribution is 6.11. The van der Waals surface area contributed by atoms with Gasteiger partial charge < -0.3 is 9.55 Å². The van der Waals surface area contributed by atoms with E-state index in [9.17, 15) is 14.4 Å². The van der Waals surface area contributed by atoms with E-state index in [0.717, 1.165) is 33.0 Å². The summed E-state index contributed by atoms with van der Waals surface area (Å²) >= 11 is 0. The van der Waals surface area contributed by atoms with Crippen LogP contribution in [-0.2, 0) is 20.5 Å². The smallest absolute Gasteiger partial charge is 0.332 e. The fraction of sp³-hybridized carbons (Fsp3) is 0.200. The highest BCUT2D eigenvalue weighted by atomic mass is 16.2. The summed E-state index contributed by atoms with van der Waals surface area (Å²) < 4.78 is 3.93. The Labute approximate surface area is 188 Å². The van der Waals surface area contributed by atoms with Gasteiger partial charge in [-0.2, -0.15) is 0 Å². The van der Waals surface area contributed by atoms with Crippen LogP contribution in [0.4, 0.5) is 0 Å². The number of benzene rings is 2. The first-order valence-electron chi connectivity index (χ1n) is 10.7. The van der Waals surface area contributed by atoms with Crippen LogP contribution in [-0.4, -0.2) is 29.5 Å². The van der Waals surface area contributed by atoms with Crippen LogP contribution in [0.5, 0.6) is 0 Å². The number of nitrogens with zero attached hydrogens (tertiary/aromatic N) is 4. The van der Waals surface area contributed by atoms with E-state index in [2.05, 4.69) is 16.9 Å². The van der Waals surface area contributed by atoms with Gasteiger partial charge in [-0.15, -0.1) is 0 Å². The predicted octanol–water partition coefficient (Wildman–Crippen LogP) is 2.95. The predicted molar refractivity (Wildman–Crippen MR) is 127 cm³/mol. The fourth-order valence-corrected chi connectivity index (χ4v) is 4.50. The van der Waals surface area contributed by atoms with Gasteiger partial charge in [0.05, 0.1) is 6.33 Å². The van der Waals surface area contributed by atoms with E-state index in [1.165, 1.54) is 17.9 Å². The monoisotopic (exact) mass is 441 g/mol. The van der Waals surface area contributed by atoms with Crippen molar-refractivity contribution in [1.82, 2.24) is 23.7 Å². The molecule has 1 unspecified atom stereocenters. The summed E-state index contributed by atoms with van der Waals surface area (Å²) in [5, 5.41) is 0.838. The number of aromatic nitrogens is 5. The summed E-state index contributed by atoms with van der Waals surface area (Å²) in [6, 6.07) is 14.4. The van der Waals surface area contributed by atoms with Crippen LogP contribution in [0, 0.1) is 0 Å². The zero-order valence-corrected chi connectivity index (χ0v) is 18.6. The first kappa shape index (κ1) is 20.7. The van der Waals surface area contributed by atoms with Crippen LogP contribution < -0.4 is 11.2 Å². The van der Waals surface area contributed by atoms with Crippen molar-refractivity contribution in [2.24, 2.45) is 14.1 Å². The van der Waals surface area contributed by atoms with Crippen molar-refractivity contribution in [2.45, 2.75) is 19.4 Å². The standard InChI is InChI=1S/C25H23N5O3/c1-4-15-11-8-12-17-18(13-26-19(15)17)22(31)20(16-9-6-5-7-10-16)30-14-27-23-21(30)24(32)29(3)25(33)28(23)2/h5-14,20,26H,4H2,1-3H3. The number of fused-ring (bicyclic) bond motifs is 2. The summed E-state index contributed by atoms with van der Waals surface area (Å²) in [5.41, 5.74) is 2.80. The van der Waals surface area contributed by atoms with Crippen molar-refractivity contribution in [3.63, 3.8) is 0 Å². The highest BCUT2D eigenvalue weighted by Gasteiger charge is 2.29. The number of aryl methyl sites for hydroxylation is 2. The van der Waals surface area contributed by atoms with Crippen molar-refractivity contribution >= 4 is 27.9 Å². The molecule has 0 aliphatic carbocycles. The van der Waals surface area contributed by atoms with Crippen LogP contribution in [0.3, 0.4) is 0 Å². The second kappa shape index (κ2) is 7.74. The maximum Gasteiger partial charge on any atom is 0.332 e. The molecule has 0 aliphatic heterocycles. The van der Waals surface area contributed by atoms with Gasteiger partial charge in [-0.05, 0) is 17.5 Å². The molecule has 8 heteroatoms. The van der Waals surface area contributed by atoms with Crippen LogP contribution in [0.15, 0.2) is 70.6 Å². The minimum Gasteiger partial charge on any atom is -0.360 e. The molecule has 1 N–H and O–H groups in total. The average Bonchev–Trinajstić information content (AvgIpc) is 3.47. The number of H-pyrrole nitrogens is 1. The highest BCUT2D eigenvalue weighted by Crippen LogP contribution is 2.30. The van der Waals surface area contributed by atoms with E-state index in [4.69, 9.17) is 0 Å². The number of Topliss-reactive ketones (excluding diaryl/α,β-unsaturated/α-hetero) is 1. The van der Waals surface area contributed by atoms with Crippen molar-refractivity contribution < 1.29 is 4.79 Å². The minimum atomic E-state index is -0.828. The van der Waals surface area contributed by atoms with Crippen LogP contribution in [0.2, 0.25) is 0 Å². The second-order valence-corrected chi connectivity index (χ2v) is 8.10. The van der Waals surface area contributed by atoms with Gasteiger partial charge in [-0.25, -0.2) is 9.78 Å². The summed E-state index contributed by atoms with van der Waals surface area (Å²) in [7, 11) is 2.99. The first-order chi connectivity index (χ1) is 15.9. The molecule has 8 nitrogen and oxygen atoms in total. The molecule has 1 atom stereocenters. The van der Waals surface area contributed by atoms with Gasteiger partial charge in [0.1, 0.15) is 6.04 Å². The van der Waals surface area contributed by atoms with Crippen LogP contribution in [0.25, 0.3) is 22.1 Å². The molecule has 0 amide bonds. The fourth-order valence-electron chi connectivity index (χ4n) is 4.50. The van der Waals surface area contributed by atoms with Gasteiger partial charge in [0, 0.05) is 36.8 Å². The van der Waals surface area contributed by atoms with Gasteiger partial charge in [0.15, 0.2) is 16.9 Å². The molecule has 0 saturated carbocycles. The topological polar surface area (TPSA) is 94.7 Å². The molecule has 0 radical (unpaired) electrons. The van der Waals surface area contributed by atoms with E-state index < -0.39 is 17.3 Å². The molecule has 0 fully saturated rings. The number of carbonyl (C=O) groups is 1. The first-order valence-corrected chi connectivity index (χ1v) is 10.7. The number of aromatic amines is 1. The molecular formula is C25H23N5O3. The van der Waals surface area contributed by atoms with E-state index in [-0.39, 0.29) is 16.9 Å². The summed E-state index contributed by atoms with van der Waals surface area (Å²) in [6.45, 7) is 2.07. The Morgan fingerprint density at radius 2 is 1.79 bits per heavy atom. The molecule has 0 spiro atoms. The van der Waals surface area contributed by atoms with E-state index in [1.54, 1.807) is 17.8 Å². The molecule has 3 heterocycles. The summed E-state index contributed by atoms with van der Waals surface area (Å²) in [6.07, 6.45) is 4.03. The number of para-hydroxylation sites is 1. The number of imidazole rings is 1. The lowest BCUT2D eigenvalue weighted by atomic mass is 9.96. The molecule has 3 aromatic heterocycles. The Balaban J connectivity index is 1.79. The van der Waals surface area contributed by atoms with Gasteiger partial charge >= 0.3 is 5.69 Å². The molecule has 2 aromatic carbocycles. The molecule has 5 aromatic rings. The average molecular weight is 441 g/mol. The number of rotatable bonds is 5. The normalized spacial score (nSPS) is 12.5. The summed E-state index contributed by atoms with van der Waals surface area (Å²) in [5.74, 6) is -0.170. The quantitative estimate of drug-likeness (QED) is 0.424. The maximum atomic E-state index is 14.1. The Kier molecular flexibility index (Phi) is 4.85. The zero-order valence-electron chi connectivity index (χ0n) is 18.6. The zero-order chi connectivity index (χ0) is 23.3. The van der Waals surface area contributed by atoms with E-state index >= 15 is 0 Å². The molecule has 0 saturated heterocycles. The molecule has 0 bridgehead atoms. The van der Waals surface area contributed by atoms with E-state index in [0.29, 0.717) is 5.56 Å². The summed E-state index contributed by atoms with van der Waals surface area (Å²) in [4.78, 5) is 47.1. The molecule has 5 rings (SSSR count). The third-order valence-corrected chi connectivity index (χ3v) is 6.26.